The standard InChI is InChI=1S/C28H27N3O3/c1-16-10-13-23(29-20(5)32)22(14-16)26-28(34)31(25-9-7-6-8-24(25)30-26)19(4)27(33)21-12-11-17(2)18(3)15-21/h6-15,19H,1-5H3,(H,29,32). The van der Waals surface area contributed by atoms with Crippen LogP contribution >= 0.6 is 0 Å². The van der Waals surface area contributed by atoms with Gasteiger partial charge in [0.15, 0.2) is 5.78 Å². The van der Waals surface area contributed by atoms with Crippen LogP contribution < -0.4 is 10.9 Å². The number of nitrogens with zero attached hydrogens (tertiary/aromatic N) is 2. The summed E-state index contributed by atoms with van der Waals surface area (Å²) in [5.41, 5.74) is 5.58. The molecule has 3 aromatic carbocycles. The molecule has 0 fully saturated rings. The number of nitrogens with one attached hydrogen (secondary N) is 1. The van der Waals surface area contributed by atoms with E-state index in [1.807, 2.05) is 63.2 Å². The van der Waals surface area contributed by atoms with Crippen LogP contribution in [0.4, 0.5) is 5.69 Å². The van der Waals surface area contributed by atoms with E-state index >= 15 is 0 Å². The zero-order chi connectivity index (χ0) is 24.6. The van der Waals surface area contributed by atoms with E-state index < -0.39 is 6.04 Å². The average molecular weight is 454 g/mol. The Labute approximate surface area is 198 Å². The number of fused-ring (bicyclic) bond motifs is 1. The number of ketones is 1. The second-order valence-electron chi connectivity index (χ2n) is 8.69. The molecule has 34 heavy (non-hydrogen) atoms. The molecule has 0 aliphatic rings. The van der Waals surface area contributed by atoms with Crippen molar-refractivity contribution in [2.24, 2.45) is 0 Å². The van der Waals surface area contributed by atoms with Gasteiger partial charge in [-0.25, -0.2) is 4.98 Å². The highest BCUT2D eigenvalue weighted by molar-refractivity contribution is 6.00. The molecular weight excluding hydrogens is 426 g/mol. The fourth-order valence-corrected chi connectivity index (χ4v) is 4.12. The Morgan fingerprint density at radius 2 is 1.68 bits per heavy atom. The van der Waals surface area contributed by atoms with Crippen molar-refractivity contribution in [3.05, 3.63) is 93.3 Å². The molecule has 4 rings (SSSR count). The monoisotopic (exact) mass is 453 g/mol. The van der Waals surface area contributed by atoms with Gasteiger partial charge in [0, 0.05) is 18.1 Å². The Morgan fingerprint density at radius 1 is 0.941 bits per heavy atom. The van der Waals surface area contributed by atoms with E-state index in [0.717, 1.165) is 16.7 Å². The van der Waals surface area contributed by atoms with E-state index in [4.69, 9.17) is 0 Å². The maximum Gasteiger partial charge on any atom is 0.278 e. The van der Waals surface area contributed by atoms with E-state index in [2.05, 4.69) is 10.3 Å². The second kappa shape index (κ2) is 9.06. The van der Waals surface area contributed by atoms with Crippen LogP contribution in [0.1, 0.15) is 46.9 Å². The lowest BCUT2D eigenvalue weighted by atomic mass is 9.99. The van der Waals surface area contributed by atoms with Gasteiger partial charge in [-0.3, -0.25) is 19.0 Å². The largest absolute Gasteiger partial charge is 0.326 e. The zero-order valence-electron chi connectivity index (χ0n) is 20.0. The highest BCUT2D eigenvalue weighted by atomic mass is 16.2. The third-order valence-electron chi connectivity index (χ3n) is 6.09. The Kier molecular flexibility index (Phi) is 6.16. The van der Waals surface area contributed by atoms with Gasteiger partial charge in [0.2, 0.25) is 5.91 Å². The molecule has 1 aromatic heterocycles. The fourth-order valence-electron chi connectivity index (χ4n) is 4.12. The van der Waals surface area contributed by atoms with E-state index in [1.165, 1.54) is 11.5 Å². The Bertz CT molecular complexity index is 1500. The highest BCUT2D eigenvalue weighted by Crippen LogP contribution is 2.28. The summed E-state index contributed by atoms with van der Waals surface area (Å²) in [7, 11) is 0. The number of carbonyl (C=O) groups is 2. The number of Topliss-reactive ketones (excluding diaryl/α,β-unsaturated/α-hetero) is 1. The first-order valence-electron chi connectivity index (χ1n) is 11.2. The van der Waals surface area contributed by atoms with E-state index in [-0.39, 0.29) is 22.9 Å². The number of para-hydroxylation sites is 2. The predicted molar refractivity (Wildman–Crippen MR) is 135 cm³/mol. The molecule has 0 aliphatic heterocycles. The summed E-state index contributed by atoms with van der Waals surface area (Å²) in [6.45, 7) is 9.02. The predicted octanol–water partition coefficient (Wildman–Crippen LogP) is 5.39. The van der Waals surface area contributed by atoms with Crippen molar-refractivity contribution in [2.75, 3.05) is 5.32 Å². The van der Waals surface area contributed by atoms with Gasteiger partial charge in [-0.1, -0.05) is 35.9 Å². The molecule has 1 atom stereocenters. The van der Waals surface area contributed by atoms with Gasteiger partial charge in [0.05, 0.1) is 22.8 Å². The SMILES string of the molecule is CC(=O)Nc1ccc(C)cc1-c1nc2ccccc2n(C(C)C(=O)c2ccc(C)c(C)c2)c1=O. The first-order valence-corrected chi connectivity index (χ1v) is 11.2. The number of carbonyl (C=O) groups excluding carboxylic acids is 2. The molecule has 4 aromatic rings. The third-order valence-corrected chi connectivity index (χ3v) is 6.09. The van der Waals surface area contributed by atoms with Crippen molar-refractivity contribution in [1.29, 1.82) is 0 Å². The number of benzene rings is 3. The normalized spacial score (nSPS) is 11.9. The van der Waals surface area contributed by atoms with Gasteiger partial charge in [-0.05, 0) is 69.2 Å². The molecule has 1 N–H and O–H groups in total. The minimum absolute atomic E-state index is 0.154. The maximum atomic E-state index is 13.9. The first-order chi connectivity index (χ1) is 16.2. The molecule has 172 valence electrons. The van der Waals surface area contributed by atoms with Gasteiger partial charge in [-0.2, -0.15) is 0 Å². The van der Waals surface area contributed by atoms with Crippen molar-refractivity contribution >= 4 is 28.4 Å². The van der Waals surface area contributed by atoms with Gasteiger partial charge in [-0.15, -0.1) is 0 Å². The number of anilines is 1. The van der Waals surface area contributed by atoms with Gasteiger partial charge >= 0.3 is 0 Å². The molecule has 0 spiro atoms. The molecule has 0 saturated heterocycles. The van der Waals surface area contributed by atoms with Crippen LogP contribution in [0.25, 0.3) is 22.3 Å². The topological polar surface area (TPSA) is 81.1 Å². The molecule has 6 heteroatoms. The Balaban J connectivity index is 1.96. The lowest BCUT2D eigenvalue weighted by Crippen LogP contribution is -2.30. The summed E-state index contributed by atoms with van der Waals surface area (Å²) in [4.78, 5) is 43.8. The smallest absolute Gasteiger partial charge is 0.278 e. The lowest BCUT2D eigenvalue weighted by molar-refractivity contribution is -0.114. The summed E-state index contributed by atoms with van der Waals surface area (Å²) in [6.07, 6.45) is 0. The maximum absolute atomic E-state index is 13.9. The second-order valence-corrected chi connectivity index (χ2v) is 8.69. The lowest BCUT2D eigenvalue weighted by Gasteiger charge is -2.19. The van der Waals surface area contributed by atoms with Crippen LogP contribution in [-0.2, 0) is 4.79 Å². The molecule has 6 nitrogen and oxygen atoms in total. The van der Waals surface area contributed by atoms with Gasteiger partial charge in [0.1, 0.15) is 5.69 Å². The molecule has 1 heterocycles. The Hall–Kier alpha value is -4.06. The van der Waals surface area contributed by atoms with Gasteiger partial charge < -0.3 is 5.32 Å². The minimum atomic E-state index is -0.754. The first kappa shape index (κ1) is 23.1. The van der Waals surface area contributed by atoms with E-state index in [9.17, 15) is 14.4 Å². The summed E-state index contributed by atoms with van der Waals surface area (Å²) >= 11 is 0. The molecule has 0 radical (unpaired) electrons. The van der Waals surface area contributed by atoms with Crippen LogP contribution in [0.2, 0.25) is 0 Å². The van der Waals surface area contributed by atoms with E-state index in [1.54, 1.807) is 25.1 Å². The molecular formula is C28H27N3O3. The number of amides is 1. The van der Waals surface area contributed by atoms with Crippen LogP contribution in [-0.4, -0.2) is 21.2 Å². The quantitative estimate of drug-likeness (QED) is 0.411. The van der Waals surface area contributed by atoms with Crippen LogP contribution in [0.5, 0.6) is 0 Å². The van der Waals surface area contributed by atoms with Gasteiger partial charge in [0.25, 0.3) is 5.56 Å². The fraction of sp³-hybridized carbons (Fsp3) is 0.214. The molecule has 1 amide bonds. The molecule has 0 bridgehead atoms. The van der Waals surface area contributed by atoms with E-state index in [0.29, 0.717) is 27.8 Å². The minimum Gasteiger partial charge on any atom is -0.326 e. The van der Waals surface area contributed by atoms with Crippen molar-refractivity contribution in [3.8, 4) is 11.3 Å². The van der Waals surface area contributed by atoms with Crippen molar-refractivity contribution in [3.63, 3.8) is 0 Å². The summed E-state index contributed by atoms with van der Waals surface area (Å²) in [5, 5.41) is 2.79. The molecule has 1 unspecified atom stereocenters. The summed E-state index contributed by atoms with van der Waals surface area (Å²) < 4.78 is 1.51. The number of hydrogen-bond acceptors (Lipinski definition) is 4. The summed E-state index contributed by atoms with van der Waals surface area (Å²) in [6, 6.07) is 17.5. The number of aryl methyl sites for hydroxylation is 3. The average Bonchev–Trinajstić information content (AvgIpc) is 2.80. The number of rotatable bonds is 5. The molecule has 0 saturated carbocycles. The Morgan fingerprint density at radius 3 is 2.38 bits per heavy atom. The summed E-state index contributed by atoms with van der Waals surface area (Å²) in [5.74, 6) is -0.400. The molecule has 0 aliphatic carbocycles. The van der Waals surface area contributed by atoms with Crippen LogP contribution in [0.15, 0.2) is 65.5 Å². The number of hydrogen-bond donors (Lipinski definition) is 1. The highest BCUT2D eigenvalue weighted by Gasteiger charge is 2.24. The van der Waals surface area contributed by atoms with Crippen LogP contribution in [0.3, 0.4) is 0 Å². The van der Waals surface area contributed by atoms with Crippen molar-refractivity contribution in [1.82, 2.24) is 9.55 Å². The van der Waals surface area contributed by atoms with Crippen molar-refractivity contribution < 1.29 is 9.59 Å². The zero-order valence-corrected chi connectivity index (χ0v) is 20.0. The number of aromatic nitrogens is 2. The third kappa shape index (κ3) is 4.27. The van der Waals surface area contributed by atoms with Crippen LogP contribution in [0, 0.1) is 20.8 Å². The van der Waals surface area contributed by atoms with Crippen molar-refractivity contribution in [2.45, 2.75) is 40.7 Å².